The fourth-order valence-electron chi connectivity index (χ4n) is 2.67. The van der Waals surface area contributed by atoms with Crippen LogP contribution in [0.1, 0.15) is 44.6 Å². The molecule has 1 aromatic rings. The fourth-order valence-corrected chi connectivity index (χ4v) is 2.67. The number of nitrogens with one attached hydrogen (secondary N) is 2. The van der Waals surface area contributed by atoms with Crippen LogP contribution in [0.5, 0.6) is 0 Å². The van der Waals surface area contributed by atoms with Crippen LogP contribution in [0.4, 0.5) is 5.82 Å². The number of hydrogen-bond donors (Lipinski definition) is 4. The first-order chi connectivity index (χ1) is 9.13. The molecule has 0 aliphatic heterocycles. The molecule has 1 saturated carbocycles. The van der Waals surface area contributed by atoms with Gasteiger partial charge in [-0.1, -0.05) is 24.9 Å². The summed E-state index contributed by atoms with van der Waals surface area (Å²) in [5.41, 5.74) is 5.61. The van der Waals surface area contributed by atoms with E-state index in [1.807, 2.05) is 6.92 Å². The van der Waals surface area contributed by atoms with E-state index >= 15 is 0 Å². The highest BCUT2D eigenvalue weighted by Crippen LogP contribution is 2.41. The zero-order valence-corrected chi connectivity index (χ0v) is 10.9. The minimum atomic E-state index is -0.298. The van der Waals surface area contributed by atoms with E-state index in [0.717, 1.165) is 32.1 Å². The van der Waals surface area contributed by atoms with Crippen LogP contribution in [0.25, 0.3) is 0 Å². The number of nitrogens with two attached hydrogens (primary N) is 1. The van der Waals surface area contributed by atoms with E-state index in [1.165, 1.54) is 6.20 Å². The Morgan fingerprint density at radius 1 is 1.63 bits per heavy atom. The van der Waals surface area contributed by atoms with Crippen molar-refractivity contribution in [1.82, 2.24) is 10.2 Å². The molecular weight excluding hydrogens is 246 g/mol. The molecule has 7 nitrogen and oxygen atoms in total. The molecule has 0 saturated heterocycles. The number of aromatic nitrogens is 2. The molecule has 0 atom stereocenters. The monoisotopic (exact) mass is 265 g/mol. The second-order valence-corrected chi connectivity index (χ2v) is 4.94. The molecule has 0 spiro atoms. The standard InChI is InChI=1S/C12H19N5O2/c1-2-12(5-3-4-6-12)11(18)15-10-8(7-14-16-10)9(13)17-19/h7,19H,2-6H2,1H3,(H2,13,17)(H2,14,15,16,18). The molecule has 104 valence electrons. The van der Waals surface area contributed by atoms with Crippen LogP contribution in [-0.2, 0) is 4.79 Å². The lowest BCUT2D eigenvalue weighted by Crippen LogP contribution is -2.34. The van der Waals surface area contributed by atoms with Crippen molar-refractivity contribution in [1.29, 1.82) is 0 Å². The van der Waals surface area contributed by atoms with E-state index in [-0.39, 0.29) is 17.2 Å². The normalized spacial score (nSPS) is 18.5. The van der Waals surface area contributed by atoms with Crippen LogP contribution < -0.4 is 11.1 Å². The van der Waals surface area contributed by atoms with Gasteiger partial charge in [-0.05, 0) is 19.3 Å². The maximum absolute atomic E-state index is 12.4. The van der Waals surface area contributed by atoms with Gasteiger partial charge in [-0.2, -0.15) is 5.10 Å². The summed E-state index contributed by atoms with van der Waals surface area (Å²) >= 11 is 0. The maximum Gasteiger partial charge on any atom is 0.231 e. The van der Waals surface area contributed by atoms with Gasteiger partial charge in [0.25, 0.3) is 0 Å². The minimum absolute atomic E-state index is 0.0243. The molecule has 0 aromatic carbocycles. The number of amidine groups is 1. The van der Waals surface area contributed by atoms with Crippen molar-refractivity contribution in [3.63, 3.8) is 0 Å². The fraction of sp³-hybridized carbons (Fsp3) is 0.583. The lowest BCUT2D eigenvalue weighted by atomic mass is 9.82. The minimum Gasteiger partial charge on any atom is -0.409 e. The topological polar surface area (TPSA) is 116 Å². The number of anilines is 1. The van der Waals surface area contributed by atoms with Crippen LogP contribution in [-0.4, -0.2) is 27.1 Å². The van der Waals surface area contributed by atoms with Gasteiger partial charge in [0.05, 0.1) is 11.8 Å². The van der Waals surface area contributed by atoms with Crippen molar-refractivity contribution in [3.05, 3.63) is 11.8 Å². The second kappa shape index (κ2) is 5.29. The third-order valence-corrected chi connectivity index (χ3v) is 3.98. The summed E-state index contributed by atoms with van der Waals surface area (Å²) in [7, 11) is 0. The average Bonchev–Trinajstić information content (AvgIpc) is 3.07. The zero-order chi connectivity index (χ0) is 13.9. The van der Waals surface area contributed by atoms with Crippen LogP contribution >= 0.6 is 0 Å². The number of carbonyl (C=O) groups is 1. The van der Waals surface area contributed by atoms with Gasteiger partial charge in [0.2, 0.25) is 5.91 Å². The summed E-state index contributed by atoms with van der Waals surface area (Å²) in [4.78, 5) is 12.4. The Morgan fingerprint density at radius 3 is 2.89 bits per heavy atom. The van der Waals surface area contributed by atoms with E-state index in [1.54, 1.807) is 0 Å². The summed E-state index contributed by atoms with van der Waals surface area (Å²) in [6.07, 6.45) is 6.20. The first kappa shape index (κ1) is 13.4. The molecule has 0 radical (unpaired) electrons. The Bertz CT molecular complexity index is 488. The summed E-state index contributed by atoms with van der Waals surface area (Å²) < 4.78 is 0. The highest BCUT2D eigenvalue weighted by Gasteiger charge is 2.39. The Balaban J connectivity index is 2.17. The summed E-state index contributed by atoms with van der Waals surface area (Å²) in [6, 6.07) is 0. The predicted molar refractivity (Wildman–Crippen MR) is 70.9 cm³/mol. The maximum atomic E-state index is 12.4. The molecule has 2 rings (SSSR count). The molecule has 1 fully saturated rings. The zero-order valence-electron chi connectivity index (χ0n) is 10.9. The number of H-pyrrole nitrogens is 1. The van der Waals surface area contributed by atoms with Gasteiger partial charge in [0, 0.05) is 5.41 Å². The Morgan fingerprint density at radius 2 is 2.32 bits per heavy atom. The molecule has 0 unspecified atom stereocenters. The third-order valence-electron chi connectivity index (χ3n) is 3.98. The lowest BCUT2D eigenvalue weighted by Gasteiger charge is -2.25. The quantitative estimate of drug-likeness (QED) is 0.285. The van der Waals surface area contributed by atoms with Gasteiger partial charge in [-0.15, -0.1) is 0 Å². The van der Waals surface area contributed by atoms with Crippen LogP contribution in [0.15, 0.2) is 11.4 Å². The summed E-state index contributed by atoms with van der Waals surface area (Å²) in [5, 5.41) is 20.9. The smallest absolute Gasteiger partial charge is 0.231 e. The number of amides is 1. The van der Waals surface area contributed by atoms with Crippen LogP contribution in [0.3, 0.4) is 0 Å². The number of rotatable bonds is 4. The molecule has 1 aromatic heterocycles. The van der Waals surface area contributed by atoms with Crippen LogP contribution in [0.2, 0.25) is 0 Å². The largest absolute Gasteiger partial charge is 0.409 e. The predicted octanol–water partition coefficient (Wildman–Crippen LogP) is 1.41. The Labute approximate surface area is 111 Å². The van der Waals surface area contributed by atoms with Crippen molar-refractivity contribution in [3.8, 4) is 0 Å². The van der Waals surface area contributed by atoms with Gasteiger partial charge < -0.3 is 16.3 Å². The van der Waals surface area contributed by atoms with E-state index < -0.39 is 0 Å². The first-order valence-corrected chi connectivity index (χ1v) is 6.45. The summed E-state index contributed by atoms with van der Waals surface area (Å²) in [6.45, 7) is 2.03. The van der Waals surface area contributed by atoms with Gasteiger partial charge in [0.1, 0.15) is 5.82 Å². The van der Waals surface area contributed by atoms with Crippen molar-refractivity contribution in [2.24, 2.45) is 16.3 Å². The Hall–Kier alpha value is -2.05. The molecule has 5 N–H and O–H groups in total. The summed E-state index contributed by atoms with van der Waals surface area (Å²) in [5.74, 6) is 0.268. The molecular formula is C12H19N5O2. The second-order valence-electron chi connectivity index (χ2n) is 4.94. The number of nitrogens with zero attached hydrogens (tertiary/aromatic N) is 2. The number of aromatic amines is 1. The molecule has 1 heterocycles. The SMILES string of the molecule is CCC1(C(=O)Nc2[nH]ncc2C(N)=NO)CCCC1. The van der Waals surface area contributed by atoms with Gasteiger partial charge in [-0.25, -0.2) is 0 Å². The molecule has 19 heavy (non-hydrogen) atoms. The van der Waals surface area contributed by atoms with Crippen molar-refractivity contribution in [2.75, 3.05) is 5.32 Å². The van der Waals surface area contributed by atoms with E-state index in [4.69, 9.17) is 10.9 Å². The molecule has 1 aliphatic carbocycles. The van der Waals surface area contributed by atoms with Crippen LogP contribution in [0, 0.1) is 5.41 Å². The highest BCUT2D eigenvalue weighted by atomic mass is 16.4. The molecule has 1 aliphatic rings. The van der Waals surface area contributed by atoms with E-state index in [2.05, 4.69) is 20.7 Å². The first-order valence-electron chi connectivity index (χ1n) is 6.45. The number of carbonyl (C=O) groups excluding carboxylic acids is 1. The van der Waals surface area contributed by atoms with Gasteiger partial charge in [0.15, 0.2) is 5.84 Å². The van der Waals surface area contributed by atoms with Gasteiger partial charge >= 0.3 is 0 Å². The van der Waals surface area contributed by atoms with Crippen molar-refractivity contribution >= 4 is 17.6 Å². The van der Waals surface area contributed by atoms with Crippen molar-refractivity contribution in [2.45, 2.75) is 39.0 Å². The number of oxime groups is 1. The lowest BCUT2D eigenvalue weighted by molar-refractivity contribution is -0.125. The third kappa shape index (κ3) is 2.40. The van der Waals surface area contributed by atoms with Gasteiger partial charge in [-0.3, -0.25) is 9.89 Å². The van der Waals surface area contributed by atoms with E-state index in [9.17, 15) is 4.79 Å². The highest BCUT2D eigenvalue weighted by molar-refractivity contribution is 6.05. The van der Waals surface area contributed by atoms with E-state index in [0.29, 0.717) is 11.4 Å². The molecule has 1 amide bonds. The molecule has 0 bridgehead atoms. The number of hydrogen-bond acceptors (Lipinski definition) is 4. The molecule has 7 heteroatoms. The van der Waals surface area contributed by atoms with Crippen molar-refractivity contribution < 1.29 is 10.0 Å². The Kier molecular flexibility index (Phi) is 3.73. The average molecular weight is 265 g/mol.